The molecule has 4 nitrogen and oxygen atoms in total. The lowest BCUT2D eigenvalue weighted by Gasteiger charge is -2.31. The van der Waals surface area contributed by atoms with Gasteiger partial charge in [0.15, 0.2) is 9.84 Å². The third-order valence-electron chi connectivity index (χ3n) is 3.97. The molecule has 0 spiro atoms. The fraction of sp³-hybridized carbons (Fsp3) is 0.533. The van der Waals surface area contributed by atoms with Gasteiger partial charge < -0.3 is 4.90 Å². The van der Waals surface area contributed by atoms with Crippen LogP contribution in [0.15, 0.2) is 24.3 Å². The molecule has 1 fully saturated rings. The van der Waals surface area contributed by atoms with Gasteiger partial charge in [0.25, 0.3) is 0 Å². The smallest absolute Gasteiger partial charge is 0.226 e. The summed E-state index contributed by atoms with van der Waals surface area (Å²) in [6.45, 7) is 2.72. The van der Waals surface area contributed by atoms with E-state index in [0.29, 0.717) is 37.4 Å². The molecule has 0 saturated carbocycles. The number of amides is 1. The highest BCUT2D eigenvalue weighted by atomic mass is 35.5. The fourth-order valence-corrected chi connectivity index (χ4v) is 4.12. The fourth-order valence-electron chi connectivity index (χ4n) is 2.59. The summed E-state index contributed by atoms with van der Waals surface area (Å²) in [6.07, 6.45) is 1.42. The Bertz CT molecular complexity index is 590. The van der Waals surface area contributed by atoms with Crippen LogP contribution in [0.4, 0.5) is 0 Å². The van der Waals surface area contributed by atoms with E-state index in [0.717, 1.165) is 5.56 Å². The van der Waals surface area contributed by atoms with Crippen LogP contribution in [0, 0.1) is 0 Å². The van der Waals surface area contributed by atoms with Crippen molar-refractivity contribution in [1.82, 2.24) is 4.90 Å². The zero-order valence-electron chi connectivity index (χ0n) is 12.1. The largest absolute Gasteiger partial charge is 0.342 e. The SMILES string of the molecule is CCS(=O)(=O)C1CCN(C(=O)Cc2ccc(Cl)cc2)CC1. The topological polar surface area (TPSA) is 54.5 Å². The lowest BCUT2D eigenvalue weighted by Crippen LogP contribution is -2.43. The molecule has 21 heavy (non-hydrogen) atoms. The Labute approximate surface area is 131 Å². The molecule has 1 aromatic carbocycles. The number of carbonyl (C=O) groups is 1. The lowest BCUT2D eigenvalue weighted by molar-refractivity contribution is -0.131. The van der Waals surface area contributed by atoms with E-state index in [4.69, 9.17) is 11.6 Å². The standard InChI is InChI=1S/C15H20ClNO3S/c1-2-21(19,20)14-7-9-17(10-8-14)15(18)11-12-3-5-13(16)6-4-12/h3-6,14H,2,7-11H2,1H3. The van der Waals surface area contributed by atoms with Gasteiger partial charge in [0.05, 0.1) is 11.7 Å². The monoisotopic (exact) mass is 329 g/mol. The van der Waals surface area contributed by atoms with Crippen LogP contribution >= 0.6 is 11.6 Å². The highest BCUT2D eigenvalue weighted by Crippen LogP contribution is 2.19. The Morgan fingerprint density at radius 3 is 2.33 bits per heavy atom. The van der Waals surface area contributed by atoms with E-state index >= 15 is 0 Å². The van der Waals surface area contributed by atoms with Crippen molar-refractivity contribution in [3.63, 3.8) is 0 Å². The van der Waals surface area contributed by atoms with Crippen molar-refractivity contribution >= 4 is 27.3 Å². The molecular formula is C15H20ClNO3S. The Morgan fingerprint density at radius 2 is 1.81 bits per heavy atom. The number of nitrogens with zero attached hydrogens (tertiary/aromatic N) is 1. The van der Waals surface area contributed by atoms with E-state index in [1.807, 2.05) is 12.1 Å². The van der Waals surface area contributed by atoms with E-state index in [1.165, 1.54) is 0 Å². The Hall–Kier alpha value is -1.07. The quantitative estimate of drug-likeness (QED) is 0.851. The minimum Gasteiger partial charge on any atom is -0.342 e. The molecule has 0 aromatic heterocycles. The maximum absolute atomic E-state index is 12.2. The summed E-state index contributed by atoms with van der Waals surface area (Å²) in [7, 11) is -2.99. The second-order valence-electron chi connectivity index (χ2n) is 5.33. The predicted octanol–water partition coefficient (Wildman–Crippen LogP) is 2.31. The van der Waals surface area contributed by atoms with Gasteiger partial charge in [0, 0.05) is 23.9 Å². The molecule has 2 rings (SSSR count). The van der Waals surface area contributed by atoms with E-state index in [9.17, 15) is 13.2 Å². The predicted molar refractivity (Wildman–Crippen MR) is 84.2 cm³/mol. The molecule has 1 aromatic rings. The minimum absolute atomic E-state index is 0.0460. The summed E-state index contributed by atoms with van der Waals surface area (Å²) in [4.78, 5) is 14.0. The van der Waals surface area contributed by atoms with Gasteiger partial charge in [0.1, 0.15) is 0 Å². The molecule has 1 saturated heterocycles. The molecule has 0 radical (unpaired) electrons. The maximum atomic E-state index is 12.2. The van der Waals surface area contributed by atoms with Gasteiger partial charge in [-0.15, -0.1) is 0 Å². The number of benzene rings is 1. The Morgan fingerprint density at radius 1 is 1.24 bits per heavy atom. The zero-order chi connectivity index (χ0) is 15.5. The highest BCUT2D eigenvalue weighted by molar-refractivity contribution is 7.92. The molecule has 1 aliphatic heterocycles. The van der Waals surface area contributed by atoms with Crippen molar-refractivity contribution in [2.75, 3.05) is 18.8 Å². The second kappa shape index (κ2) is 6.79. The second-order valence-corrected chi connectivity index (χ2v) is 8.34. The average Bonchev–Trinajstić information content (AvgIpc) is 2.49. The van der Waals surface area contributed by atoms with Crippen molar-refractivity contribution in [1.29, 1.82) is 0 Å². The molecule has 0 atom stereocenters. The number of hydrogen-bond acceptors (Lipinski definition) is 3. The summed E-state index contributed by atoms with van der Waals surface area (Å²) in [6, 6.07) is 7.22. The van der Waals surface area contributed by atoms with Crippen molar-refractivity contribution in [2.24, 2.45) is 0 Å². The lowest BCUT2D eigenvalue weighted by atomic mass is 10.1. The van der Waals surface area contributed by atoms with Crippen molar-refractivity contribution in [3.05, 3.63) is 34.9 Å². The van der Waals surface area contributed by atoms with E-state index in [2.05, 4.69) is 0 Å². The first-order valence-electron chi connectivity index (χ1n) is 7.16. The minimum atomic E-state index is -2.99. The summed E-state index contributed by atoms with van der Waals surface area (Å²) in [5.74, 6) is 0.223. The van der Waals surface area contributed by atoms with Crippen LogP contribution in [0.1, 0.15) is 25.3 Å². The molecule has 0 N–H and O–H groups in total. The molecule has 116 valence electrons. The van der Waals surface area contributed by atoms with Gasteiger partial charge in [-0.2, -0.15) is 0 Å². The third-order valence-corrected chi connectivity index (χ3v) is 6.52. The van der Waals surface area contributed by atoms with Crippen LogP contribution in [-0.4, -0.2) is 43.3 Å². The maximum Gasteiger partial charge on any atom is 0.226 e. The molecule has 0 unspecified atom stereocenters. The van der Waals surface area contributed by atoms with Crippen molar-refractivity contribution in [2.45, 2.75) is 31.4 Å². The summed E-state index contributed by atoms with van der Waals surface area (Å²) < 4.78 is 23.7. The van der Waals surface area contributed by atoms with E-state index in [1.54, 1.807) is 24.0 Å². The van der Waals surface area contributed by atoms with Gasteiger partial charge in [0.2, 0.25) is 5.91 Å². The van der Waals surface area contributed by atoms with Crippen molar-refractivity contribution in [3.8, 4) is 0 Å². The van der Waals surface area contributed by atoms with Crippen LogP contribution in [0.2, 0.25) is 5.02 Å². The average molecular weight is 330 g/mol. The number of sulfone groups is 1. The van der Waals surface area contributed by atoms with Gasteiger partial charge in [-0.3, -0.25) is 4.79 Å². The van der Waals surface area contributed by atoms with Gasteiger partial charge in [-0.25, -0.2) is 8.42 Å². The molecule has 0 aliphatic carbocycles. The Balaban J connectivity index is 1.90. The number of hydrogen-bond donors (Lipinski definition) is 0. The number of rotatable bonds is 4. The van der Waals surface area contributed by atoms with Crippen LogP contribution in [0.5, 0.6) is 0 Å². The Kier molecular flexibility index (Phi) is 5.27. The molecular weight excluding hydrogens is 310 g/mol. The zero-order valence-corrected chi connectivity index (χ0v) is 13.7. The summed E-state index contributed by atoms with van der Waals surface area (Å²) >= 11 is 5.82. The van der Waals surface area contributed by atoms with E-state index in [-0.39, 0.29) is 16.9 Å². The van der Waals surface area contributed by atoms with Crippen LogP contribution in [0.3, 0.4) is 0 Å². The summed E-state index contributed by atoms with van der Waals surface area (Å²) in [5.41, 5.74) is 0.924. The normalized spacial score (nSPS) is 17.0. The molecule has 1 aliphatic rings. The third kappa shape index (κ3) is 4.20. The van der Waals surface area contributed by atoms with E-state index < -0.39 is 9.84 Å². The first kappa shape index (κ1) is 16.3. The number of piperidine rings is 1. The van der Waals surface area contributed by atoms with Crippen molar-refractivity contribution < 1.29 is 13.2 Å². The van der Waals surface area contributed by atoms with Crippen LogP contribution in [0.25, 0.3) is 0 Å². The first-order chi connectivity index (χ1) is 9.92. The van der Waals surface area contributed by atoms with Gasteiger partial charge in [-0.1, -0.05) is 30.7 Å². The first-order valence-corrected chi connectivity index (χ1v) is 9.25. The highest BCUT2D eigenvalue weighted by Gasteiger charge is 2.30. The molecule has 6 heteroatoms. The van der Waals surface area contributed by atoms with Crippen LogP contribution < -0.4 is 0 Å². The van der Waals surface area contributed by atoms with Gasteiger partial charge >= 0.3 is 0 Å². The number of carbonyl (C=O) groups excluding carboxylic acids is 1. The summed E-state index contributed by atoms with van der Waals surface area (Å²) in [5, 5.41) is 0.360. The molecule has 1 heterocycles. The van der Waals surface area contributed by atoms with Gasteiger partial charge in [-0.05, 0) is 30.5 Å². The molecule has 1 amide bonds. The number of halogens is 1. The number of likely N-dealkylation sites (tertiary alicyclic amines) is 1. The molecule has 0 bridgehead atoms. The van der Waals surface area contributed by atoms with Crippen LogP contribution in [-0.2, 0) is 21.1 Å².